The van der Waals surface area contributed by atoms with Gasteiger partial charge in [0.1, 0.15) is 23.0 Å². The van der Waals surface area contributed by atoms with Crippen LogP contribution in [0.2, 0.25) is 0 Å². The lowest BCUT2D eigenvalue weighted by Crippen LogP contribution is -2.75. The average Bonchev–Trinajstić information content (AvgIpc) is 0.679. The minimum absolute atomic E-state index is 0.158. The molecule has 0 N–H and O–H groups in total. The van der Waals surface area contributed by atoms with Crippen LogP contribution >= 0.6 is 0 Å². The lowest BCUT2D eigenvalue weighted by molar-refractivity contribution is 0.465. The zero-order valence-corrected chi connectivity index (χ0v) is 62.8. The maximum absolute atomic E-state index is 8.00. The first-order chi connectivity index (χ1) is 50.8. The smallest absolute Gasteiger partial charge is 0.260 e. The van der Waals surface area contributed by atoms with Crippen LogP contribution in [0, 0.1) is 0 Å². The van der Waals surface area contributed by atoms with Gasteiger partial charge in [0, 0.05) is 5.46 Å². The second kappa shape index (κ2) is 26.8. The molecule has 0 atom stereocenters. The minimum atomic E-state index is -3.35. The summed E-state index contributed by atoms with van der Waals surface area (Å²) in [6.45, 7) is 13.8. The Morgan fingerprint density at radius 1 is 0.202 bits per heavy atom. The molecule has 6 heteroatoms. The monoisotopic (exact) mass is 1380 g/mol. The first-order valence-electron chi connectivity index (χ1n) is 36.5. The Morgan fingerprint density at radius 3 is 0.769 bits per heavy atom. The molecule has 0 saturated heterocycles. The Morgan fingerprint density at radius 2 is 0.452 bits per heavy atom. The van der Waals surface area contributed by atoms with E-state index in [-0.39, 0.29) is 17.5 Å². The van der Waals surface area contributed by atoms with Gasteiger partial charge in [-0.15, -0.1) is 0 Å². The number of hydrogen-bond acceptors (Lipinski definition) is 2. The Hall–Kier alpha value is -11.4. The summed E-state index contributed by atoms with van der Waals surface area (Å²) in [4.78, 5) is 0. The normalized spacial score (nSPS) is 12.7. The average molecular weight is 1390 g/mol. The van der Waals surface area contributed by atoms with E-state index in [4.69, 9.17) is 9.47 Å². The van der Waals surface area contributed by atoms with Crippen molar-refractivity contribution in [3.8, 4) is 56.4 Å². The van der Waals surface area contributed by atoms with Crippen molar-refractivity contribution in [3.05, 3.63) is 393 Å². The molecule has 2 aliphatic rings. The molecule has 15 aromatic carbocycles. The number of ether oxygens (including phenoxy) is 2. The van der Waals surface area contributed by atoms with Gasteiger partial charge in [-0.1, -0.05) is 399 Å². The Kier molecular flexibility index (Phi) is 17.0. The number of hydrogen-bond donors (Lipinski definition) is 0. The second-order valence-electron chi connectivity index (χ2n) is 30.3. The fourth-order valence-electron chi connectivity index (χ4n) is 17.0. The van der Waals surface area contributed by atoms with E-state index in [1.54, 1.807) is 0 Å². The molecule has 0 fully saturated rings. The molecule has 104 heavy (non-hydrogen) atoms. The third kappa shape index (κ3) is 11.4. The van der Waals surface area contributed by atoms with Crippen molar-refractivity contribution < 1.29 is 9.47 Å². The fraction of sp³-hybridized carbons (Fsp3) is 0.0816. The number of fused-ring (bicyclic) bond motifs is 4. The molecular formula is C98H81BO2Si3. The summed E-state index contributed by atoms with van der Waals surface area (Å²) in [5, 5.41) is 15.3. The van der Waals surface area contributed by atoms with Crippen LogP contribution in [0.4, 0.5) is 0 Å². The molecule has 0 spiro atoms. The van der Waals surface area contributed by atoms with E-state index >= 15 is 0 Å². The lowest BCUT2D eigenvalue weighted by atomic mass is 9.35. The van der Waals surface area contributed by atoms with E-state index in [1.165, 1.54) is 107 Å². The third-order valence-electron chi connectivity index (χ3n) is 22.1. The molecular weight excluding hydrogens is 1300 g/mol. The Balaban J connectivity index is 0.966. The molecule has 2 aliphatic heterocycles. The molecule has 0 aromatic heterocycles. The molecule has 0 radical (unpaired) electrons. The maximum Gasteiger partial charge on any atom is 0.260 e. The highest BCUT2D eigenvalue weighted by atomic mass is 28.3. The highest BCUT2D eigenvalue weighted by Gasteiger charge is 2.50. The molecule has 0 unspecified atom stereocenters. The van der Waals surface area contributed by atoms with Crippen molar-refractivity contribution in [3.63, 3.8) is 0 Å². The minimum Gasteiger partial charge on any atom is -0.458 e. The second-order valence-corrected chi connectivity index (χ2v) is 41.7. The van der Waals surface area contributed by atoms with Crippen molar-refractivity contribution in [1.29, 1.82) is 0 Å². The van der Waals surface area contributed by atoms with Gasteiger partial charge in [-0.05, 0) is 153 Å². The molecule has 0 aliphatic carbocycles. The van der Waals surface area contributed by atoms with Crippen molar-refractivity contribution in [2.45, 2.75) is 52.4 Å². The summed E-state index contributed by atoms with van der Waals surface area (Å²) in [5.41, 5.74) is 12.7. The Bertz CT molecular complexity index is 5230. The molecule has 0 amide bonds. The predicted molar refractivity (Wildman–Crippen MR) is 449 cm³/mol. The molecule has 500 valence electrons. The molecule has 17 rings (SSSR count). The number of rotatable bonds is 15. The van der Waals surface area contributed by atoms with Crippen molar-refractivity contribution in [2.75, 3.05) is 0 Å². The third-order valence-corrected chi connectivity index (χ3v) is 36.3. The van der Waals surface area contributed by atoms with Crippen LogP contribution in [-0.2, 0) is 10.8 Å². The van der Waals surface area contributed by atoms with E-state index in [0.29, 0.717) is 0 Å². The summed E-state index contributed by atoms with van der Waals surface area (Å²) >= 11 is 0. The van der Waals surface area contributed by atoms with E-state index in [1.807, 2.05) is 0 Å². The van der Waals surface area contributed by atoms with Gasteiger partial charge >= 0.3 is 0 Å². The van der Waals surface area contributed by atoms with Gasteiger partial charge in [0.15, 0.2) is 24.2 Å². The van der Waals surface area contributed by atoms with E-state index in [9.17, 15) is 0 Å². The Labute approximate surface area is 616 Å². The summed E-state index contributed by atoms with van der Waals surface area (Å²) < 4.78 is 16.0. The maximum atomic E-state index is 8.00. The zero-order chi connectivity index (χ0) is 70.6. The first-order valence-corrected chi connectivity index (χ1v) is 42.5. The molecule has 15 aromatic rings. The quantitative estimate of drug-likeness (QED) is 0.0752. The van der Waals surface area contributed by atoms with Crippen LogP contribution in [0.1, 0.15) is 52.7 Å². The van der Waals surface area contributed by atoms with Gasteiger partial charge in [-0.25, -0.2) is 0 Å². The molecule has 0 saturated carbocycles. The predicted octanol–water partition coefficient (Wildman–Crippen LogP) is 14.1. The molecule has 2 heterocycles. The summed E-state index contributed by atoms with van der Waals surface area (Å²) in [6, 6.07) is 145. The van der Waals surface area contributed by atoms with Crippen LogP contribution < -0.4 is 88.1 Å². The van der Waals surface area contributed by atoms with E-state index < -0.39 is 24.2 Å². The topological polar surface area (TPSA) is 18.5 Å². The van der Waals surface area contributed by atoms with Gasteiger partial charge in [-0.2, -0.15) is 0 Å². The van der Waals surface area contributed by atoms with Crippen molar-refractivity contribution in [1.82, 2.24) is 0 Å². The fourth-order valence-corrected chi connectivity index (χ4v) is 31.4. The summed E-state index contributed by atoms with van der Waals surface area (Å²) in [6.07, 6.45) is 0. The zero-order valence-electron chi connectivity index (χ0n) is 59.8. The van der Waals surface area contributed by atoms with E-state index in [0.717, 1.165) is 39.4 Å². The largest absolute Gasteiger partial charge is 0.458 e. The van der Waals surface area contributed by atoms with Crippen LogP contribution in [0.5, 0.6) is 23.0 Å². The lowest BCUT2D eigenvalue weighted by Gasteiger charge is -2.40. The number of benzene rings is 15. The van der Waals surface area contributed by atoms with Crippen LogP contribution in [0.25, 0.3) is 33.4 Å². The van der Waals surface area contributed by atoms with E-state index in [2.05, 4.69) is 424 Å². The standard InChI is InChI=1S/C98H81BO2Si3/c1-97(2,3)76-59-74(71-37-18-8-19-38-71)62-87(64-76)103(80-46-26-12-27-47-80,81-48-28-13-29-49-81)85-55-57-90-92(66-85)100-94-68-89(102(78-42-22-10-23-43-78,79-44-24-11-25-45-79)84-54-34-41-73(61-84)70-35-16-7-17-36-70)69-95-96(94)99(90)91-58-56-86(67-93(91)101-95)104(82-50-30-14-31-51-82,83-52-32-15-33-53-83)88-63-75(72-39-20-9-21-40-72)60-77(65-88)98(4,5)6/h7-69H,1-6H3. The summed E-state index contributed by atoms with van der Waals surface area (Å²) in [5.74, 6) is 3.31. The van der Waals surface area contributed by atoms with Gasteiger partial charge in [0.05, 0.1) is 0 Å². The van der Waals surface area contributed by atoms with Crippen LogP contribution in [0.15, 0.2) is 382 Å². The SMILES string of the molecule is CC(C)(C)c1cc(-c2ccccc2)cc([Si](c2ccccc2)(c2ccccc2)c2ccc3c(c2)Oc2cc([Si](c4ccccc4)(c4ccccc4)c4cccc(-c5ccccc5)c4)cc4c2B3c2ccc([Si](c3ccccc3)(c3ccccc3)c3cc(-c5ccccc5)cc(C(C)(C)C)c3)cc2O4)c1. The van der Waals surface area contributed by atoms with Crippen LogP contribution in [0.3, 0.4) is 0 Å². The van der Waals surface area contributed by atoms with Crippen molar-refractivity contribution >= 4 is 110 Å². The molecule has 2 nitrogen and oxygen atoms in total. The first kappa shape index (κ1) is 65.9. The molecule has 0 bridgehead atoms. The van der Waals surface area contributed by atoms with Crippen LogP contribution in [-0.4, -0.2) is 30.9 Å². The van der Waals surface area contributed by atoms with Gasteiger partial charge < -0.3 is 9.47 Å². The summed E-state index contributed by atoms with van der Waals surface area (Å²) in [7, 11) is -9.94. The van der Waals surface area contributed by atoms with Gasteiger partial charge in [0.25, 0.3) is 6.71 Å². The van der Waals surface area contributed by atoms with Crippen molar-refractivity contribution in [2.24, 2.45) is 0 Å². The van der Waals surface area contributed by atoms with Gasteiger partial charge in [0.2, 0.25) is 0 Å². The highest BCUT2D eigenvalue weighted by molar-refractivity contribution is 7.21. The highest BCUT2D eigenvalue weighted by Crippen LogP contribution is 2.37. The van der Waals surface area contributed by atoms with Gasteiger partial charge in [-0.3, -0.25) is 0 Å².